The zero-order valence-corrected chi connectivity index (χ0v) is 17.3. The van der Waals surface area contributed by atoms with Crippen molar-refractivity contribution in [2.24, 2.45) is 5.92 Å². The van der Waals surface area contributed by atoms with Gasteiger partial charge in [0.15, 0.2) is 22.3 Å². The third kappa shape index (κ3) is 3.21. The minimum atomic E-state index is -0.951. The Morgan fingerprint density at radius 1 is 1.44 bits per heavy atom. The fourth-order valence-corrected chi connectivity index (χ4v) is 4.27. The Balaban J connectivity index is 2.15. The van der Waals surface area contributed by atoms with Crippen LogP contribution in [0.3, 0.4) is 0 Å². The average molecular weight is 394 g/mol. The van der Waals surface area contributed by atoms with Crippen LogP contribution in [0.5, 0.6) is 11.5 Å². The lowest BCUT2D eigenvalue weighted by Crippen LogP contribution is -2.72. The van der Waals surface area contributed by atoms with Gasteiger partial charge in [-0.1, -0.05) is 12.1 Å². The molecule has 27 heavy (non-hydrogen) atoms. The summed E-state index contributed by atoms with van der Waals surface area (Å²) in [7, 11) is 5.15. The first-order chi connectivity index (χ1) is 12.8. The standard InChI is InChI=1S/C19H27N3O4S/c1-6-25-13-9-7-8-12-15-14(17(23)21(3)4)19(2,26-16(12)13)22(10-11-24-5)18(27)20-15/h7-9,14-15H,6,10-11H2,1-5H3,(H,20,27). The van der Waals surface area contributed by atoms with E-state index in [1.807, 2.05) is 36.9 Å². The SMILES string of the molecule is CCOc1cccc2c1OC1(C)C(C(=O)N(C)C)C2NC(=S)N1CCOC. The predicted octanol–water partition coefficient (Wildman–Crippen LogP) is 1.78. The smallest absolute Gasteiger partial charge is 0.233 e. The summed E-state index contributed by atoms with van der Waals surface area (Å²) in [6.45, 7) is 5.35. The number of carbonyl (C=O) groups is 1. The molecule has 1 aromatic carbocycles. The van der Waals surface area contributed by atoms with Crippen LogP contribution in [0.1, 0.15) is 25.5 Å². The van der Waals surface area contributed by atoms with Gasteiger partial charge in [0.25, 0.3) is 0 Å². The maximum Gasteiger partial charge on any atom is 0.233 e. The van der Waals surface area contributed by atoms with Gasteiger partial charge in [-0.25, -0.2) is 0 Å². The number of nitrogens with zero attached hydrogens (tertiary/aromatic N) is 2. The summed E-state index contributed by atoms with van der Waals surface area (Å²) in [6, 6.07) is 5.46. The number of carbonyl (C=O) groups excluding carboxylic acids is 1. The second kappa shape index (κ2) is 7.52. The van der Waals surface area contributed by atoms with Crippen molar-refractivity contribution in [2.45, 2.75) is 25.6 Å². The highest BCUT2D eigenvalue weighted by Crippen LogP contribution is 2.51. The summed E-state index contributed by atoms with van der Waals surface area (Å²) in [5.74, 6) is 0.836. The predicted molar refractivity (Wildman–Crippen MR) is 106 cm³/mol. The van der Waals surface area contributed by atoms with E-state index in [9.17, 15) is 4.79 Å². The number of amides is 1. The summed E-state index contributed by atoms with van der Waals surface area (Å²) in [4.78, 5) is 16.6. The van der Waals surface area contributed by atoms with Crippen LogP contribution in [0, 0.1) is 5.92 Å². The normalized spacial score (nSPS) is 26.0. The molecule has 1 aromatic rings. The minimum Gasteiger partial charge on any atom is -0.490 e. The van der Waals surface area contributed by atoms with E-state index < -0.39 is 11.6 Å². The van der Waals surface area contributed by atoms with Gasteiger partial charge < -0.3 is 29.3 Å². The Kier molecular flexibility index (Phi) is 5.48. The molecular formula is C19H27N3O4S. The lowest BCUT2D eigenvalue weighted by atomic mass is 9.78. The maximum absolute atomic E-state index is 13.1. The van der Waals surface area contributed by atoms with Crippen molar-refractivity contribution in [3.63, 3.8) is 0 Å². The van der Waals surface area contributed by atoms with Gasteiger partial charge in [-0.2, -0.15) is 0 Å². The molecule has 0 aromatic heterocycles. The number of rotatable bonds is 6. The molecule has 3 unspecified atom stereocenters. The first-order valence-electron chi connectivity index (χ1n) is 9.08. The minimum absolute atomic E-state index is 0.0209. The van der Waals surface area contributed by atoms with E-state index in [4.69, 9.17) is 26.4 Å². The van der Waals surface area contributed by atoms with Crippen LogP contribution in [0.25, 0.3) is 0 Å². The summed E-state index contributed by atoms with van der Waals surface area (Å²) in [5.41, 5.74) is -0.0695. The number of thiocarbonyl (C=S) groups is 1. The molecule has 0 spiro atoms. The van der Waals surface area contributed by atoms with E-state index in [1.54, 1.807) is 26.1 Å². The van der Waals surface area contributed by atoms with Gasteiger partial charge in [-0.05, 0) is 32.1 Å². The van der Waals surface area contributed by atoms with Crippen LogP contribution in [0.15, 0.2) is 18.2 Å². The number of hydrogen-bond donors (Lipinski definition) is 1. The van der Waals surface area contributed by atoms with Crippen molar-refractivity contribution in [3.05, 3.63) is 23.8 Å². The molecule has 1 saturated heterocycles. The molecule has 0 saturated carbocycles. The number of para-hydroxylation sites is 1. The van der Waals surface area contributed by atoms with Gasteiger partial charge in [-0.15, -0.1) is 0 Å². The van der Waals surface area contributed by atoms with Gasteiger partial charge >= 0.3 is 0 Å². The first kappa shape index (κ1) is 19.7. The molecule has 0 aliphatic carbocycles. The fraction of sp³-hybridized carbons (Fsp3) is 0.579. The van der Waals surface area contributed by atoms with Gasteiger partial charge in [0.05, 0.1) is 19.3 Å². The Hall–Kier alpha value is -2.06. The van der Waals surface area contributed by atoms with Gasteiger partial charge in [0.2, 0.25) is 5.91 Å². The molecule has 7 nitrogen and oxygen atoms in total. The van der Waals surface area contributed by atoms with Crippen molar-refractivity contribution in [3.8, 4) is 11.5 Å². The average Bonchev–Trinajstić information content (AvgIpc) is 2.61. The summed E-state index contributed by atoms with van der Waals surface area (Å²) >= 11 is 5.61. The summed E-state index contributed by atoms with van der Waals surface area (Å²) in [6.07, 6.45) is 0. The number of hydrogen-bond acceptors (Lipinski definition) is 5. The molecule has 2 aliphatic heterocycles. The second-order valence-electron chi connectivity index (χ2n) is 7.05. The van der Waals surface area contributed by atoms with E-state index >= 15 is 0 Å². The highest BCUT2D eigenvalue weighted by atomic mass is 32.1. The molecule has 1 N–H and O–H groups in total. The molecule has 3 rings (SSSR count). The quantitative estimate of drug-likeness (QED) is 0.739. The van der Waals surface area contributed by atoms with Crippen molar-refractivity contribution < 1.29 is 19.0 Å². The third-order valence-electron chi connectivity index (χ3n) is 5.15. The van der Waals surface area contributed by atoms with Crippen molar-refractivity contribution >= 4 is 23.2 Å². The maximum atomic E-state index is 13.1. The molecule has 2 heterocycles. The lowest BCUT2D eigenvalue weighted by Gasteiger charge is -2.56. The van der Waals surface area contributed by atoms with Crippen LogP contribution in [0.2, 0.25) is 0 Å². The summed E-state index contributed by atoms with van der Waals surface area (Å²) in [5, 5.41) is 3.91. The van der Waals surface area contributed by atoms with Crippen LogP contribution in [-0.4, -0.2) is 67.5 Å². The van der Waals surface area contributed by atoms with Crippen molar-refractivity contribution in [2.75, 3.05) is 41.0 Å². The van der Waals surface area contributed by atoms with Gasteiger partial charge in [0.1, 0.15) is 5.92 Å². The Labute approximate surface area is 165 Å². The second-order valence-corrected chi connectivity index (χ2v) is 7.43. The van der Waals surface area contributed by atoms with E-state index in [2.05, 4.69) is 5.32 Å². The van der Waals surface area contributed by atoms with E-state index in [0.29, 0.717) is 36.4 Å². The first-order valence-corrected chi connectivity index (χ1v) is 9.49. The Morgan fingerprint density at radius 3 is 2.81 bits per heavy atom. The van der Waals surface area contributed by atoms with E-state index in [-0.39, 0.29) is 11.9 Å². The molecular weight excluding hydrogens is 366 g/mol. The number of nitrogens with one attached hydrogen (secondary N) is 1. The lowest BCUT2D eigenvalue weighted by molar-refractivity contribution is -0.162. The number of benzene rings is 1. The van der Waals surface area contributed by atoms with Crippen molar-refractivity contribution in [1.29, 1.82) is 0 Å². The van der Waals surface area contributed by atoms with E-state index in [1.165, 1.54) is 0 Å². The monoisotopic (exact) mass is 393 g/mol. The Morgan fingerprint density at radius 2 is 2.19 bits per heavy atom. The zero-order chi connectivity index (χ0) is 19.8. The number of fused-ring (bicyclic) bond motifs is 4. The highest BCUT2D eigenvalue weighted by molar-refractivity contribution is 7.80. The molecule has 148 valence electrons. The third-order valence-corrected chi connectivity index (χ3v) is 5.49. The van der Waals surface area contributed by atoms with Gasteiger partial charge in [0, 0.05) is 33.3 Å². The van der Waals surface area contributed by atoms with Gasteiger partial charge in [-0.3, -0.25) is 4.79 Å². The number of ether oxygens (including phenoxy) is 3. The van der Waals surface area contributed by atoms with Crippen LogP contribution >= 0.6 is 12.2 Å². The van der Waals surface area contributed by atoms with Crippen molar-refractivity contribution in [1.82, 2.24) is 15.1 Å². The van der Waals surface area contributed by atoms with Crippen LogP contribution < -0.4 is 14.8 Å². The molecule has 8 heteroatoms. The van der Waals surface area contributed by atoms with Crippen LogP contribution in [0.4, 0.5) is 0 Å². The molecule has 3 atom stereocenters. The molecule has 1 amide bonds. The largest absolute Gasteiger partial charge is 0.490 e. The highest BCUT2D eigenvalue weighted by Gasteiger charge is 2.59. The molecule has 0 radical (unpaired) electrons. The topological polar surface area (TPSA) is 63.3 Å². The Bertz CT molecular complexity index is 742. The van der Waals surface area contributed by atoms with E-state index in [0.717, 1.165) is 5.56 Å². The molecule has 2 aliphatic rings. The molecule has 2 bridgehead atoms. The summed E-state index contributed by atoms with van der Waals surface area (Å²) < 4.78 is 17.5. The number of methoxy groups -OCH3 is 1. The van der Waals surface area contributed by atoms with Crippen LogP contribution in [-0.2, 0) is 9.53 Å². The fourth-order valence-electron chi connectivity index (χ4n) is 3.87. The zero-order valence-electron chi connectivity index (χ0n) is 16.4. The molecule has 1 fully saturated rings.